The van der Waals surface area contributed by atoms with Crippen LogP contribution in [0.25, 0.3) is 33.2 Å². The lowest BCUT2D eigenvalue weighted by Gasteiger charge is -2.10. The van der Waals surface area contributed by atoms with E-state index in [1.165, 1.54) is 12.1 Å². The van der Waals surface area contributed by atoms with Gasteiger partial charge >= 0.3 is 0 Å². The molecule has 0 saturated heterocycles. The fourth-order valence-electron chi connectivity index (χ4n) is 4.04. The second-order valence-electron chi connectivity index (χ2n) is 8.18. The van der Waals surface area contributed by atoms with Gasteiger partial charge in [0.05, 0.1) is 10.9 Å². The van der Waals surface area contributed by atoms with Gasteiger partial charge in [-0.1, -0.05) is 66.7 Å². The van der Waals surface area contributed by atoms with E-state index in [2.05, 4.69) is 0 Å². The van der Waals surface area contributed by atoms with Crippen molar-refractivity contribution in [3.8, 4) is 28.0 Å². The van der Waals surface area contributed by atoms with Crippen molar-refractivity contribution in [3.63, 3.8) is 0 Å². The molecule has 0 amide bonds. The van der Waals surface area contributed by atoms with Gasteiger partial charge in [-0.25, -0.2) is 4.39 Å². The van der Waals surface area contributed by atoms with Crippen molar-refractivity contribution >= 4 is 16.8 Å². The predicted molar refractivity (Wildman–Crippen MR) is 134 cm³/mol. The van der Waals surface area contributed by atoms with E-state index < -0.39 is 0 Å². The standard InChI is InChI=1S/C30H21FO4/c1-19-29(23-11-13-24(31)14-12-23)30(33)26-16-15-25(17-28(26)35-19)34-18-27(32)22-9-7-21(8-10-22)20-5-3-2-4-6-20/h2-17H,18H2,1H3. The molecule has 1 heterocycles. The van der Waals surface area contributed by atoms with Gasteiger partial charge in [0.1, 0.15) is 22.9 Å². The maximum atomic E-state index is 13.3. The Morgan fingerprint density at radius 2 is 1.49 bits per heavy atom. The summed E-state index contributed by atoms with van der Waals surface area (Å²) in [7, 11) is 0. The molecule has 0 aliphatic carbocycles. The average molecular weight is 464 g/mol. The molecule has 0 fully saturated rings. The number of ketones is 1. The molecule has 1 aromatic heterocycles. The van der Waals surface area contributed by atoms with Crippen molar-refractivity contribution in [2.45, 2.75) is 6.92 Å². The lowest BCUT2D eigenvalue weighted by Crippen LogP contribution is -2.12. The van der Waals surface area contributed by atoms with E-state index in [1.807, 2.05) is 42.5 Å². The van der Waals surface area contributed by atoms with Gasteiger partial charge in [0.15, 0.2) is 12.4 Å². The van der Waals surface area contributed by atoms with Crippen LogP contribution < -0.4 is 10.2 Å². The van der Waals surface area contributed by atoms with Crippen molar-refractivity contribution in [1.82, 2.24) is 0 Å². The van der Waals surface area contributed by atoms with Gasteiger partial charge in [0.2, 0.25) is 5.43 Å². The third-order valence-electron chi connectivity index (χ3n) is 5.86. The molecule has 0 N–H and O–H groups in total. The first-order valence-electron chi connectivity index (χ1n) is 11.1. The zero-order chi connectivity index (χ0) is 24.4. The number of aryl methyl sites for hydroxylation is 1. The summed E-state index contributed by atoms with van der Waals surface area (Å²) in [5.74, 6) is 0.304. The van der Waals surface area contributed by atoms with Crippen LogP contribution in [0.15, 0.2) is 106 Å². The highest BCUT2D eigenvalue weighted by molar-refractivity contribution is 5.97. The van der Waals surface area contributed by atoms with Crippen LogP contribution in [-0.2, 0) is 0 Å². The highest BCUT2D eigenvalue weighted by atomic mass is 19.1. The second-order valence-corrected chi connectivity index (χ2v) is 8.18. The summed E-state index contributed by atoms with van der Waals surface area (Å²) in [4.78, 5) is 25.7. The van der Waals surface area contributed by atoms with E-state index in [1.54, 1.807) is 49.4 Å². The van der Waals surface area contributed by atoms with E-state index in [0.29, 0.717) is 39.2 Å². The van der Waals surface area contributed by atoms with Crippen LogP contribution >= 0.6 is 0 Å². The van der Waals surface area contributed by atoms with Gasteiger partial charge in [-0.3, -0.25) is 9.59 Å². The number of carbonyl (C=O) groups is 1. The number of halogens is 1. The molecule has 172 valence electrons. The Balaban J connectivity index is 1.33. The molecule has 0 radical (unpaired) electrons. The lowest BCUT2D eigenvalue weighted by molar-refractivity contribution is 0.0921. The molecular formula is C30H21FO4. The van der Waals surface area contributed by atoms with Crippen molar-refractivity contribution in [2.75, 3.05) is 6.61 Å². The van der Waals surface area contributed by atoms with E-state index in [-0.39, 0.29) is 23.6 Å². The van der Waals surface area contributed by atoms with Crippen molar-refractivity contribution < 1.29 is 18.3 Å². The minimum absolute atomic E-state index is 0.146. The van der Waals surface area contributed by atoms with Crippen molar-refractivity contribution in [3.05, 3.63) is 124 Å². The first-order chi connectivity index (χ1) is 17.0. The molecule has 4 nitrogen and oxygen atoms in total. The van der Waals surface area contributed by atoms with Crippen molar-refractivity contribution in [2.24, 2.45) is 0 Å². The minimum atomic E-state index is -0.375. The molecule has 35 heavy (non-hydrogen) atoms. The Kier molecular flexibility index (Phi) is 5.98. The smallest absolute Gasteiger partial charge is 0.200 e. The fourth-order valence-corrected chi connectivity index (χ4v) is 4.04. The summed E-state index contributed by atoms with van der Waals surface area (Å²) in [6, 6.07) is 27.9. The van der Waals surface area contributed by atoms with Crippen LogP contribution in [0.5, 0.6) is 5.75 Å². The Bertz CT molecular complexity index is 1570. The van der Waals surface area contributed by atoms with Crippen LogP contribution in [0.4, 0.5) is 4.39 Å². The molecular weight excluding hydrogens is 443 g/mol. The summed E-state index contributed by atoms with van der Waals surface area (Å²) >= 11 is 0. The average Bonchev–Trinajstić information content (AvgIpc) is 2.89. The zero-order valence-corrected chi connectivity index (χ0v) is 19.0. The maximum Gasteiger partial charge on any atom is 0.200 e. The highest BCUT2D eigenvalue weighted by Crippen LogP contribution is 2.27. The third-order valence-corrected chi connectivity index (χ3v) is 5.86. The molecule has 0 aliphatic rings. The Morgan fingerprint density at radius 1 is 0.829 bits per heavy atom. The third kappa shape index (κ3) is 4.62. The topological polar surface area (TPSA) is 56.5 Å². The van der Waals surface area contributed by atoms with Gasteiger partial charge in [-0.15, -0.1) is 0 Å². The maximum absolute atomic E-state index is 13.3. The number of hydrogen-bond acceptors (Lipinski definition) is 4. The number of benzene rings is 4. The molecule has 0 unspecified atom stereocenters. The summed E-state index contributed by atoms with van der Waals surface area (Å²) in [5.41, 5.74) is 3.79. The van der Waals surface area contributed by atoms with Crippen LogP contribution in [0.3, 0.4) is 0 Å². The highest BCUT2D eigenvalue weighted by Gasteiger charge is 2.15. The minimum Gasteiger partial charge on any atom is -0.485 e. The number of Topliss-reactive ketones (excluding diaryl/α,β-unsaturated/α-hetero) is 1. The fraction of sp³-hybridized carbons (Fsp3) is 0.0667. The molecule has 5 aromatic rings. The molecule has 5 heteroatoms. The number of carbonyl (C=O) groups excluding carboxylic acids is 1. The Labute approximate surface area is 201 Å². The zero-order valence-electron chi connectivity index (χ0n) is 19.0. The monoisotopic (exact) mass is 464 g/mol. The molecule has 4 aromatic carbocycles. The van der Waals surface area contributed by atoms with Gasteiger partial charge in [-0.2, -0.15) is 0 Å². The quantitative estimate of drug-likeness (QED) is 0.258. The van der Waals surface area contributed by atoms with Gasteiger partial charge in [0.25, 0.3) is 0 Å². The first kappa shape index (κ1) is 22.3. The van der Waals surface area contributed by atoms with Crippen LogP contribution in [0.2, 0.25) is 0 Å². The Hall–Kier alpha value is -4.51. The molecule has 5 rings (SSSR count). The normalized spacial score (nSPS) is 10.9. The predicted octanol–water partition coefficient (Wildman–Crippen LogP) is 6.84. The van der Waals surface area contributed by atoms with Gasteiger partial charge in [-0.05, 0) is 47.9 Å². The molecule has 0 bridgehead atoms. The summed E-state index contributed by atoms with van der Waals surface area (Å²) in [5, 5.41) is 0.380. The van der Waals surface area contributed by atoms with E-state index in [4.69, 9.17) is 9.15 Å². The molecule has 0 aliphatic heterocycles. The summed E-state index contributed by atoms with van der Waals surface area (Å²) < 4.78 is 24.9. The summed E-state index contributed by atoms with van der Waals surface area (Å²) in [6.45, 7) is 1.54. The Morgan fingerprint density at radius 3 is 2.20 bits per heavy atom. The number of fused-ring (bicyclic) bond motifs is 1. The summed E-state index contributed by atoms with van der Waals surface area (Å²) in [6.07, 6.45) is 0. The van der Waals surface area contributed by atoms with Crippen LogP contribution in [0, 0.1) is 12.7 Å². The van der Waals surface area contributed by atoms with Crippen LogP contribution in [0.1, 0.15) is 16.1 Å². The number of rotatable bonds is 6. The lowest BCUT2D eigenvalue weighted by atomic mass is 10.0. The van der Waals surface area contributed by atoms with E-state index in [9.17, 15) is 14.0 Å². The second kappa shape index (κ2) is 9.39. The van der Waals surface area contributed by atoms with Gasteiger partial charge in [0, 0.05) is 11.6 Å². The first-order valence-corrected chi connectivity index (χ1v) is 11.1. The number of hydrogen-bond donors (Lipinski definition) is 0. The van der Waals surface area contributed by atoms with Crippen LogP contribution in [-0.4, -0.2) is 12.4 Å². The van der Waals surface area contributed by atoms with Gasteiger partial charge < -0.3 is 9.15 Å². The molecule has 0 saturated carbocycles. The van der Waals surface area contributed by atoms with Crippen molar-refractivity contribution in [1.29, 1.82) is 0 Å². The van der Waals surface area contributed by atoms with E-state index in [0.717, 1.165) is 11.1 Å². The molecule has 0 atom stereocenters. The SMILES string of the molecule is Cc1oc2cc(OCC(=O)c3ccc(-c4ccccc4)cc3)ccc2c(=O)c1-c1ccc(F)cc1. The molecule has 0 spiro atoms. The number of ether oxygens (including phenoxy) is 1. The largest absolute Gasteiger partial charge is 0.485 e. The van der Waals surface area contributed by atoms with E-state index >= 15 is 0 Å².